The molecule has 1 aromatic carbocycles. The van der Waals surface area contributed by atoms with Crippen LogP contribution in [0.25, 0.3) is 0 Å². The number of rotatable bonds is 6. The van der Waals surface area contributed by atoms with E-state index in [1.165, 1.54) is 5.56 Å². The minimum absolute atomic E-state index is 0.124. The van der Waals surface area contributed by atoms with E-state index in [0.29, 0.717) is 12.8 Å². The molecule has 2 N–H and O–H groups in total. The van der Waals surface area contributed by atoms with Crippen LogP contribution in [0.5, 0.6) is 0 Å². The molecule has 104 valence electrons. The van der Waals surface area contributed by atoms with Gasteiger partial charge in [0.1, 0.15) is 6.04 Å². The van der Waals surface area contributed by atoms with E-state index in [1.54, 1.807) is 13.8 Å². The van der Waals surface area contributed by atoms with E-state index in [9.17, 15) is 9.59 Å². The smallest absolute Gasteiger partial charge is 0.326 e. The topological polar surface area (TPSA) is 66.4 Å². The average Bonchev–Trinajstić information content (AvgIpc) is 2.34. The highest BCUT2D eigenvalue weighted by atomic mass is 16.4. The maximum absolute atomic E-state index is 11.7. The van der Waals surface area contributed by atoms with Gasteiger partial charge in [0.15, 0.2) is 0 Å². The standard InChI is InChI=1S/C15H21NO3/c1-10(2)14(15(18)19)16-13(17)9-8-12-6-4-11(3)5-7-12/h4-7,10,14H,8-9H2,1-3H3,(H,16,17)(H,18,19)/t14-/m0/s1. The lowest BCUT2D eigenvalue weighted by Crippen LogP contribution is -2.44. The number of carbonyl (C=O) groups is 2. The Balaban J connectivity index is 2.47. The number of hydrogen-bond acceptors (Lipinski definition) is 2. The molecule has 0 unspecified atom stereocenters. The number of aryl methyl sites for hydroxylation is 2. The Morgan fingerprint density at radius 2 is 1.79 bits per heavy atom. The second-order valence-corrected chi connectivity index (χ2v) is 5.11. The van der Waals surface area contributed by atoms with Crippen molar-refractivity contribution in [3.05, 3.63) is 35.4 Å². The van der Waals surface area contributed by atoms with Gasteiger partial charge in [-0.2, -0.15) is 0 Å². The van der Waals surface area contributed by atoms with Crippen molar-refractivity contribution in [2.75, 3.05) is 0 Å². The Morgan fingerprint density at radius 3 is 2.26 bits per heavy atom. The van der Waals surface area contributed by atoms with Gasteiger partial charge in [-0.25, -0.2) is 4.79 Å². The van der Waals surface area contributed by atoms with Crippen LogP contribution >= 0.6 is 0 Å². The van der Waals surface area contributed by atoms with E-state index in [-0.39, 0.29) is 11.8 Å². The third kappa shape index (κ3) is 5.12. The van der Waals surface area contributed by atoms with Crippen LogP contribution in [-0.2, 0) is 16.0 Å². The van der Waals surface area contributed by atoms with Crippen LogP contribution in [0.15, 0.2) is 24.3 Å². The molecule has 1 rings (SSSR count). The maximum Gasteiger partial charge on any atom is 0.326 e. The summed E-state index contributed by atoms with van der Waals surface area (Å²) in [4.78, 5) is 22.7. The molecule has 0 spiro atoms. The predicted molar refractivity (Wildman–Crippen MR) is 73.9 cm³/mol. The SMILES string of the molecule is Cc1ccc(CCC(=O)N[C@H](C(=O)O)C(C)C)cc1. The Labute approximate surface area is 113 Å². The molecule has 0 aliphatic rings. The van der Waals surface area contributed by atoms with E-state index in [4.69, 9.17) is 5.11 Å². The highest BCUT2D eigenvalue weighted by molar-refractivity contribution is 5.83. The summed E-state index contributed by atoms with van der Waals surface area (Å²) in [6.45, 7) is 5.56. The molecule has 0 radical (unpaired) electrons. The van der Waals surface area contributed by atoms with Gasteiger partial charge in [0.05, 0.1) is 0 Å². The summed E-state index contributed by atoms with van der Waals surface area (Å²) < 4.78 is 0. The Morgan fingerprint density at radius 1 is 1.21 bits per heavy atom. The summed E-state index contributed by atoms with van der Waals surface area (Å²) in [5, 5.41) is 11.6. The van der Waals surface area contributed by atoms with Crippen molar-refractivity contribution in [1.29, 1.82) is 0 Å². The molecular formula is C15H21NO3. The number of aliphatic carboxylic acids is 1. The second-order valence-electron chi connectivity index (χ2n) is 5.11. The van der Waals surface area contributed by atoms with Gasteiger partial charge in [-0.15, -0.1) is 0 Å². The lowest BCUT2D eigenvalue weighted by Gasteiger charge is -2.17. The van der Waals surface area contributed by atoms with Crippen molar-refractivity contribution in [1.82, 2.24) is 5.32 Å². The molecule has 1 aromatic rings. The van der Waals surface area contributed by atoms with E-state index in [0.717, 1.165) is 5.56 Å². The number of benzene rings is 1. The van der Waals surface area contributed by atoms with Crippen LogP contribution in [-0.4, -0.2) is 23.0 Å². The van der Waals surface area contributed by atoms with Crippen LogP contribution < -0.4 is 5.32 Å². The van der Waals surface area contributed by atoms with Gasteiger partial charge in [-0.3, -0.25) is 4.79 Å². The van der Waals surface area contributed by atoms with Crippen LogP contribution in [0.3, 0.4) is 0 Å². The van der Waals surface area contributed by atoms with Gasteiger partial charge in [-0.05, 0) is 24.8 Å². The first-order valence-electron chi connectivity index (χ1n) is 6.48. The number of carboxylic acid groups (broad SMARTS) is 1. The van der Waals surface area contributed by atoms with Gasteiger partial charge in [0.25, 0.3) is 0 Å². The zero-order valence-electron chi connectivity index (χ0n) is 11.6. The van der Waals surface area contributed by atoms with Crippen molar-refractivity contribution in [3.63, 3.8) is 0 Å². The van der Waals surface area contributed by atoms with Crippen molar-refractivity contribution >= 4 is 11.9 Å². The Kier molecular flexibility index (Phi) is 5.55. The molecule has 0 aliphatic heterocycles. The highest BCUT2D eigenvalue weighted by Crippen LogP contribution is 2.07. The highest BCUT2D eigenvalue weighted by Gasteiger charge is 2.22. The second kappa shape index (κ2) is 6.92. The maximum atomic E-state index is 11.7. The third-order valence-corrected chi connectivity index (χ3v) is 3.01. The molecule has 0 aromatic heterocycles. The fourth-order valence-corrected chi connectivity index (χ4v) is 1.77. The fraction of sp³-hybridized carbons (Fsp3) is 0.467. The first-order chi connectivity index (χ1) is 8.90. The van der Waals surface area contributed by atoms with E-state index in [1.807, 2.05) is 31.2 Å². The van der Waals surface area contributed by atoms with E-state index >= 15 is 0 Å². The molecule has 1 atom stereocenters. The predicted octanol–water partition coefficient (Wildman–Crippen LogP) is 2.15. The quantitative estimate of drug-likeness (QED) is 0.826. The number of hydrogen-bond donors (Lipinski definition) is 2. The largest absolute Gasteiger partial charge is 0.480 e. The molecule has 0 fully saturated rings. The molecular weight excluding hydrogens is 242 g/mol. The first-order valence-corrected chi connectivity index (χ1v) is 6.48. The van der Waals surface area contributed by atoms with Crippen LogP contribution in [0.2, 0.25) is 0 Å². The minimum Gasteiger partial charge on any atom is -0.480 e. The van der Waals surface area contributed by atoms with Gasteiger partial charge < -0.3 is 10.4 Å². The van der Waals surface area contributed by atoms with Gasteiger partial charge >= 0.3 is 5.97 Å². The van der Waals surface area contributed by atoms with Gasteiger partial charge in [0.2, 0.25) is 5.91 Å². The van der Waals surface area contributed by atoms with E-state index < -0.39 is 12.0 Å². The minimum atomic E-state index is -0.987. The molecule has 0 saturated heterocycles. The molecule has 0 bridgehead atoms. The van der Waals surface area contributed by atoms with Crippen LogP contribution in [0.1, 0.15) is 31.4 Å². The first kappa shape index (κ1) is 15.2. The average molecular weight is 263 g/mol. The number of carboxylic acids is 1. The molecule has 19 heavy (non-hydrogen) atoms. The summed E-state index contributed by atoms with van der Waals surface area (Å²) in [5.74, 6) is -1.33. The molecule has 4 nitrogen and oxygen atoms in total. The monoisotopic (exact) mass is 263 g/mol. The summed E-state index contributed by atoms with van der Waals surface area (Å²) in [5.41, 5.74) is 2.26. The van der Waals surface area contributed by atoms with Crippen LogP contribution in [0, 0.1) is 12.8 Å². The summed E-state index contributed by atoms with van der Waals surface area (Å²) in [6.07, 6.45) is 0.927. The Hall–Kier alpha value is -1.84. The fourth-order valence-electron chi connectivity index (χ4n) is 1.77. The lowest BCUT2D eigenvalue weighted by molar-refractivity contribution is -0.143. The number of nitrogens with one attached hydrogen (secondary N) is 1. The van der Waals surface area contributed by atoms with Crippen LogP contribution in [0.4, 0.5) is 0 Å². The molecule has 0 aliphatic carbocycles. The van der Waals surface area contributed by atoms with Crippen molar-refractivity contribution in [3.8, 4) is 0 Å². The van der Waals surface area contributed by atoms with Crippen molar-refractivity contribution in [2.24, 2.45) is 5.92 Å². The van der Waals surface area contributed by atoms with Gasteiger partial charge in [-0.1, -0.05) is 43.7 Å². The lowest BCUT2D eigenvalue weighted by atomic mass is 10.0. The summed E-state index contributed by atoms with van der Waals surface area (Å²) in [6, 6.07) is 7.16. The molecule has 1 amide bonds. The zero-order chi connectivity index (χ0) is 14.4. The van der Waals surface area contributed by atoms with Gasteiger partial charge in [0, 0.05) is 6.42 Å². The zero-order valence-corrected chi connectivity index (χ0v) is 11.6. The summed E-state index contributed by atoms with van der Waals surface area (Å²) >= 11 is 0. The van der Waals surface area contributed by atoms with E-state index in [2.05, 4.69) is 5.32 Å². The Bertz CT molecular complexity index is 437. The van der Waals surface area contributed by atoms with Crippen molar-refractivity contribution < 1.29 is 14.7 Å². The molecule has 0 heterocycles. The number of amides is 1. The number of carbonyl (C=O) groups excluding carboxylic acids is 1. The normalized spacial score (nSPS) is 12.2. The van der Waals surface area contributed by atoms with Crippen molar-refractivity contribution in [2.45, 2.75) is 39.7 Å². The third-order valence-electron chi connectivity index (χ3n) is 3.01. The molecule has 0 saturated carbocycles. The summed E-state index contributed by atoms with van der Waals surface area (Å²) in [7, 11) is 0. The molecule has 4 heteroatoms.